The lowest BCUT2D eigenvalue weighted by molar-refractivity contribution is 0.000618. The van der Waals surface area contributed by atoms with E-state index < -0.39 is 0 Å². The van der Waals surface area contributed by atoms with Crippen LogP contribution >= 0.6 is 0 Å². The highest BCUT2D eigenvalue weighted by atomic mass is 16.5. The average molecular weight is 248 g/mol. The number of rotatable bonds is 5. The van der Waals surface area contributed by atoms with Crippen LogP contribution in [0.5, 0.6) is 0 Å². The van der Waals surface area contributed by atoms with Crippen molar-refractivity contribution < 1.29 is 4.74 Å². The first kappa shape index (κ1) is 12.8. The van der Waals surface area contributed by atoms with Crippen molar-refractivity contribution in [2.75, 3.05) is 18.5 Å². The van der Waals surface area contributed by atoms with Gasteiger partial charge in [-0.2, -0.15) is 9.61 Å². The van der Waals surface area contributed by atoms with Crippen LogP contribution in [0.3, 0.4) is 0 Å². The van der Waals surface area contributed by atoms with Crippen molar-refractivity contribution in [1.82, 2.24) is 14.6 Å². The number of aryl methyl sites for hydroxylation is 1. The number of hydrogen-bond donors (Lipinski definition) is 1. The molecule has 2 heterocycles. The van der Waals surface area contributed by atoms with Crippen LogP contribution in [0.2, 0.25) is 0 Å². The van der Waals surface area contributed by atoms with Gasteiger partial charge in [0.05, 0.1) is 5.60 Å². The molecule has 1 N–H and O–H groups in total. The van der Waals surface area contributed by atoms with Crippen molar-refractivity contribution in [1.29, 1.82) is 0 Å². The van der Waals surface area contributed by atoms with E-state index in [2.05, 4.69) is 35.3 Å². The quantitative estimate of drug-likeness (QED) is 0.882. The Kier molecular flexibility index (Phi) is 3.52. The van der Waals surface area contributed by atoms with E-state index in [-0.39, 0.29) is 5.60 Å². The summed E-state index contributed by atoms with van der Waals surface area (Å²) >= 11 is 0. The minimum atomic E-state index is -0.203. The summed E-state index contributed by atoms with van der Waals surface area (Å²) in [5.41, 5.74) is 1.81. The monoisotopic (exact) mass is 248 g/mol. The van der Waals surface area contributed by atoms with E-state index >= 15 is 0 Å². The zero-order chi connectivity index (χ0) is 13.2. The molecule has 0 aliphatic rings. The molecule has 5 heteroatoms. The van der Waals surface area contributed by atoms with Crippen molar-refractivity contribution in [3.05, 3.63) is 24.0 Å². The van der Waals surface area contributed by atoms with E-state index in [1.807, 2.05) is 19.9 Å². The predicted octanol–water partition coefficient (Wildman–Crippen LogP) is 2.26. The molecule has 2 aromatic rings. The highest BCUT2D eigenvalue weighted by Gasteiger charge is 2.17. The third-order valence-electron chi connectivity index (χ3n) is 2.75. The van der Waals surface area contributed by atoms with E-state index in [9.17, 15) is 0 Å². The summed E-state index contributed by atoms with van der Waals surface area (Å²) in [4.78, 5) is 4.20. The molecule has 98 valence electrons. The zero-order valence-electron chi connectivity index (χ0n) is 11.4. The SMILES string of the molecule is CCOC(C)(C)CNc1cc(C)cc2ncnn12. The second-order valence-electron chi connectivity index (χ2n) is 4.99. The summed E-state index contributed by atoms with van der Waals surface area (Å²) < 4.78 is 7.47. The maximum atomic E-state index is 5.67. The van der Waals surface area contributed by atoms with Gasteiger partial charge in [0.2, 0.25) is 0 Å². The lowest BCUT2D eigenvalue weighted by Crippen LogP contribution is -2.33. The number of fused-ring (bicyclic) bond motifs is 1. The van der Waals surface area contributed by atoms with Gasteiger partial charge in [-0.15, -0.1) is 0 Å². The molecule has 0 fully saturated rings. The number of pyridine rings is 1. The Bertz CT molecular complexity index is 533. The molecule has 0 aliphatic heterocycles. The van der Waals surface area contributed by atoms with E-state index in [0.29, 0.717) is 6.61 Å². The Morgan fingerprint density at radius 1 is 1.39 bits per heavy atom. The third-order valence-corrected chi connectivity index (χ3v) is 2.75. The van der Waals surface area contributed by atoms with Crippen LogP contribution in [-0.4, -0.2) is 33.4 Å². The van der Waals surface area contributed by atoms with Crippen LogP contribution < -0.4 is 5.32 Å². The van der Waals surface area contributed by atoms with Crippen LogP contribution in [-0.2, 0) is 4.74 Å². The molecule has 0 amide bonds. The first-order chi connectivity index (χ1) is 8.52. The molecule has 0 unspecified atom stereocenters. The molecule has 2 aromatic heterocycles. The van der Waals surface area contributed by atoms with Crippen molar-refractivity contribution in [2.24, 2.45) is 0 Å². The fourth-order valence-corrected chi connectivity index (χ4v) is 1.93. The van der Waals surface area contributed by atoms with Crippen LogP contribution in [0.4, 0.5) is 5.82 Å². The molecule has 2 rings (SSSR count). The molecule has 0 aromatic carbocycles. The second-order valence-corrected chi connectivity index (χ2v) is 4.99. The Morgan fingerprint density at radius 2 is 2.17 bits per heavy atom. The molecule has 0 saturated carbocycles. The Labute approximate surface area is 107 Å². The number of hydrogen-bond acceptors (Lipinski definition) is 4. The molecule has 0 radical (unpaired) electrons. The minimum Gasteiger partial charge on any atom is -0.374 e. The number of nitrogens with one attached hydrogen (secondary N) is 1. The highest BCUT2D eigenvalue weighted by Crippen LogP contribution is 2.15. The van der Waals surface area contributed by atoms with Gasteiger partial charge < -0.3 is 10.1 Å². The topological polar surface area (TPSA) is 51.5 Å². The molecule has 18 heavy (non-hydrogen) atoms. The first-order valence-electron chi connectivity index (χ1n) is 6.20. The molecule has 0 saturated heterocycles. The fourth-order valence-electron chi connectivity index (χ4n) is 1.93. The number of ether oxygens (including phenoxy) is 1. The van der Waals surface area contributed by atoms with Gasteiger partial charge in [-0.05, 0) is 45.4 Å². The van der Waals surface area contributed by atoms with Gasteiger partial charge in [-0.3, -0.25) is 0 Å². The van der Waals surface area contributed by atoms with Crippen molar-refractivity contribution in [3.63, 3.8) is 0 Å². The largest absolute Gasteiger partial charge is 0.374 e. The molecular weight excluding hydrogens is 228 g/mol. The van der Waals surface area contributed by atoms with Crippen molar-refractivity contribution >= 4 is 11.5 Å². The van der Waals surface area contributed by atoms with E-state index in [1.54, 1.807) is 10.8 Å². The predicted molar refractivity (Wildman–Crippen MR) is 71.9 cm³/mol. The van der Waals surface area contributed by atoms with Crippen LogP contribution in [0.1, 0.15) is 26.3 Å². The Hall–Kier alpha value is -1.62. The summed E-state index contributed by atoms with van der Waals surface area (Å²) in [7, 11) is 0. The van der Waals surface area contributed by atoms with Crippen molar-refractivity contribution in [3.8, 4) is 0 Å². The van der Waals surface area contributed by atoms with Gasteiger partial charge in [-0.25, -0.2) is 4.98 Å². The summed E-state index contributed by atoms with van der Waals surface area (Å²) in [5.74, 6) is 0.940. The van der Waals surface area contributed by atoms with Gasteiger partial charge in [-0.1, -0.05) is 0 Å². The first-order valence-corrected chi connectivity index (χ1v) is 6.20. The summed E-state index contributed by atoms with van der Waals surface area (Å²) in [6.45, 7) is 9.62. The normalized spacial score (nSPS) is 12.0. The summed E-state index contributed by atoms with van der Waals surface area (Å²) in [5, 5.41) is 7.58. The van der Waals surface area contributed by atoms with Gasteiger partial charge in [0.15, 0.2) is 5.65 Å². The van der Waals surface area contributed by atoms with Gasteiger partial charge in [0.25, 0.3) is 0 Å². The van der Waals surface area contributed by atoms with Crippen LogP contribution in [0.15, 0.2) is 18.5 Å². The van der Waals surface area contributed by atoms with Gasteiger partial charge in [0.1, 0.15) is 12.1 Å². The minimum absolute atomic E-state index is 0.203. The summed E-state index contributed by atoms with van der Waals surface area (Å²) in [6.07, 6.45) is 1.56. The van der Waals surface area contributed by atoms with E-state index in [0.717, 1.165) is 23.6 Å². The smallest absolute Gasteiger partial charge is 0.157 e. The Morgan fingerprint density at radius 3 is 2.89 bits per heavy atom. The average Bonchev–Trinajstić information content (AvgIpc) is 2.73. The zero-order valence-corrected chi connectivity index (χ0v) is 11.4. The summed E-state index contributed by atoms with van der Waals surface area (Å²) in [6, 6.07) is 4.07. The van der Waals surface area contributed by atoms with Gasteiger partial charge in [0, 0.05) is 13.2 Å². The number of nitrogens with zero attached hydrogens (tertiary/aromatic N) is 3. The highest BCUT2D eigenvalue weighted by molar-refractivity contribution is 5.51. The van der Waals surface area contributed by atoms with Crippen LogP contribution in [0.25, 0.3) is 5.65 Å². The lowest BCUT2D eigenvalue weighted by atomic mass is 10.1. The van der Waals surface area contributed by atoms with E-state index in [4.69, 9.17) is 4.74 Å². The maximum Gasteiger partial charge on any atom is 0.157 e. The Balaban J connectivity index is 2.19. The molecule has 0 spiro atoms. The lowest BCUT2D eigenvalue weighted by Gasteiger charge is -2.25. The molecule has 0 bridgehead atoms. The number of aromatic nitrogens is 3. The molecule has 5 nitrogen and oxygen atoms in total. The molecular formula is C13H20N4O. The van der Waals surface area contributed by atoms with Crippen LogP contribution in [0, 0.1) is 6.92 Å². The third kappa shape index (κ3) is 2.79. The van der Waals surface area contributed by atoms with Gasteiger partial charge >= 0.3 is 0 Å². The number of anilines is 1. The fraction of sp³-hybridized carbons (Fsp3) is 0.538. The standard InChI is InChI=1S/C13H20N4O/c1-5-18-13(3,4)8-14-11-6-10(2)7-12-15-9-16-17(11)12/h6-7,9,14H,5,8H2,1-4H3. The maximum absolute atomic E-state index is 5.67. The second kappa shape index (κ2) is 4.94. The van der Waals surface area contributed by atoms with E-state index in [1.165, 1.54) is 0 Å². The molecule has 0 atom stereocenters. The molecule has 0 aliphatic carbocycles. The van der Waals surface area contributed by atoms with Crippen molar-refractivity contribution in [2.45, 2.75) is 33.3 Å².